The topological polar surface area (TPSA) is 108 Å². The fourth-order valence-corrected chi connectivity index (χ4v) is 6.90. The minimum Gasteiger partial charge on any atom is -0.462 e. The first-order chi connectivity index (χ1) is 26.5. The van der Waals surface area contributed by atoms with Crippen molar-refractivity contribution in [3.8, 4) is 0 Å². The Labute approximate surface area is 339 Å². The highest BCUT2D eigenvalue weighted by molar-refractivity contribution is 7.47. The van der Waals surface area contributed by atoms with E-state index in [1.54, 1.807) is 0 Å². The molecule has 0 amide bonds. The summed E-state index contributed by atoms with van der Waals surface area (Å²) in [5, 5.41) is 0. The van der Waals surface area contributed by atoms with Crippen LogP contribution in [-0.4, -0.2) is 74.9 Å². The predicted octanol–water partition coefficient (Wildman–Crippen LogP) is 12.7. The Bertz CT molecular complexity index is 996. The molecule has 0 saturated carbocycles. The predicted molar refractivity (Wildman–Crippen MR) is 229 cm³/mol. The molecule has 0 aromatic carbocycles. The molecule has 2 unspecified atom stereocenters. The van der Waals surface area contributed by atoms with Gasteiger partial charge >= 0.3 is 19.8 Å². The molecule has 0 fully saturated rings. The number of carbonyl (C=O) groups is 2. The third-order valence-corrected chi connectivity index (χ3v) is 10.7. The molecule has 0 bridgehead atoms. The molecule has 0 aliphatic rings. The monoisotopic (exact) mass is 801 g/mol. The first-order valence-corrected chi connectivity index (χ1v) is 24.1. The molecule has 0 aromatic heterocycles. The van der Waals surface area contributed by atoms with Gasteiger partial charge in [-0.15, -0.1) is 0 Å². The van der Waals surface area contributed by atoms with Crippen molar-refractivity contribution in [2.75, 3.05) is 47.5 Å². The molecule has 0 saturated heterocycles. The van der Waals surface area contributed by atoms with Gasteiger partial charge in [0, 0.05) is 12.8 Å². The first kappa shape index (κ1) is 53.5. The summed E-state index contributed by atoms with van der Waals surface area (Å²) < 4.78 is 34.1. The second-order valence-electron chi connectivity index (χ2n) is 16.4. The maximum atomic E-state index is 12.6. The zero-order valence-corrected chi connectivity index (χ0v) is 37.3. The zero-order chi connectivity index (χ0) is 40.7. The summed E-state index contributed by atoms with van der Waals surface area (Å²) in [4.78, 5) is 35.1. The Kier molecular flexibility index (Phi) is 37.0. The van der Waals surface area contributed by atoms with Crippen molar-refractivity contribution in [3.05, 3.63) is 24.3 Å². The van der Waals surface area contributed by atoms with Crippen LogP contribution >= 0.6 is 7.82 Å². The number of quaternary nitrogens is 1. The van der Waals surface area contributed by atoms with Gasteiger partial charge in [0.2, 0.25) is 0 Å². The molecule has 0 spiro atoms. The number of hydrogen-bond acceptors (Lipinski definition) is 7. The van der Waals surface area contributed by atoms with E-state index in [4.69, 9.17) is 18.5 Å². The summed E-state index contributed by atoms with van der Waals surface area (Å²) in [7, 11) is 1.48. The van der Waals surface area contributed by atoms with Crippen LogP contribution in [-0.2, 0) is 32.7 Å². The van der Waals surface area contributed by atoms with E-state index in [0.717, 1.165) is 44.9 Å². The van der Waals surface area contributed by atoms with E-state index in [1.807, 2.05) is 21.1 Å². The van der Waals surface area contributed by atoms with Crippen LogP contribution in [0.25, 0.3) is 0 Å². The molecule has 0 radical (unpaired) electrons. The molecule has 2 atom stereocenters. The number of phosphoric acid groups is 1. The van der Waals surface area contributed by atoms with Crippen LogP contribution in [0.5, 0.6) is 0 Å². The van der Waals surface area contributed by atoms with E-state index in [2.05, 4.69) is 38.2 Å². The molecule has 0 aliphatic heterocycles. The standard InChI is InChI=1S/C45H86NO8P/c1-6-8-10-12-14-15-16-17-18-19-20-21-22-23-24-25-26-27-28-29-30-31-32-34-36-38-45(48)54-43(41-51-44(47)37-35-33-13-11-9-7-2)42-53-55(49,50)52-40-39-46(3,4)5/h16-17,19-20,43H,6-15,18,21-42H2,1-5H3/p+1/b17-16-,20-19-. The number of nitrogens with zero attached hydrogens (tertiary/aromatic N) is 1. The Morgan fingerprint density at radius 1 is 0.564 bits per heavy atom. The number of ether oxygens (including phenoxy) is 2. The minimum atomic E-state index is -4.36. The third-order valence-electron chi connectivity index (χ3n) is 9.73. The van der Waals surface area contributed by atoms with E-state index in [-0.39, 0.29) is 32.0 Å². The molecule has 9 nitrogen and oxygen atoms in total. The number of esters is 2. The van der Waals surface area contributed by atoms with Gasteiger partial charge in [-0.25, -0.2) is 4.57 Å². The second-order valence-corrected chi connectivity index (χ2v) is 17.9. The second kappa shape index (κ2) is 38.0. The number of phosphoric ester groups is 1. The van der Waals surface area contributed by atoms with Gasteiger partial charge in [0.1, 0.15) is 19.8 Å². The van der Waals surface area contributed by atoms with Crippen LogP contribution in [0.1, 0.15) is 200 Å². The van der Waals surface area contributed by atoms with E-state index in [1.165, 1.54) is 122 Å². The van der Waals surface area contributed by atoms with Crippen molar-refractivity contribution < 1.29 is 42.1 Å². The van der Waals surface area contributed by atoms with Crippen LogP contribution in [0, 0.1) is 0 Å². The molecular formula is C45H87NO8P+. The molecule has 0 aromatic rings. The Hall–Kier alpha value is -1.51. The molecule has 55 heavy (non-hydrogen) atoms. The van der Waals surface area contributed by atoms with Gasteiger partial charge in [-0.05, 0) is 44.9 Å². The summed E-state index contributed by atoms with van der Waals surface area (Å²) >= 11 is 0. The Morgan fingerprint density at radius 2 is 0.982 bits per heavy atom. The van der Waals surface area contributed by atoms with Crippen LogP contribution < -0.4 is 0 Å². The normalized spacial score (nSPS) is 13.8. The molecule has 0 rings (SSSR count). The Balaban J connectivity index is 4.07. The maximum Gasteiger partial charge on any atom is 0.472 e. The number of allylic oxidation sites excluding steroid dienone is 4. The van der Waals surface area contributed by atoms with Crippen LogP contribution in [0.3, 0.4) is 0 Å². The van der Waals surface area contributed by atoms with Gasteiger partial charge in [0.25, 0.3) is 0 Å². The SMILES string of the molecule is CCCCCCC/C=C\C/C=C\CCCCCCCCCCCCCCCC(=O)OC(COC(=O)CCCCCCCC)COP(=O)(O)OCC[N+](C)(C)C. The minimum absolute atomic E-state index is 0.0333. The van der Waals surface area contributed by atoms with Crippen LogP contribution in [0.2, 0.25) is 0 Å². The lowest BCUT2D eigenvalue weighted by Crippen LogP contribution is -2.37. The number of unbranched alkanes of at least 4 members (excludes halogenated alkanes) is 23. The average molecular weight is 801 g/mol. The first-order valence-electron chi connectivity index (χ1n) is 22.6. The Morgan fingerprint density at radius 3 is 1.44 bits per heavy atom. The highest BCUT2D eigenvalue weighted by Gasteiger charge is 2.27. The highest BCUT2D eigenvalue weighted by Crippen LogP contribution is 2.43. The third kappa shape index (κ3) is 41.9. The zero-order valence-electron chi connectivity index (χ0n) is 36.4. The highest BCUT2D eigenvalue weighted by atomic mass is 31.2. The smallest absolute Gasteiger partial charge is 0.462 e. The largest absolute Gasteiger partial charge is 0.472 e. The fraction of sp³-hybridized carbons (Fsp3) is 0.867. The van der Waals surface area contributed by atoms with E-state index >= 15 is 0 Å². The van der Waals surface area contributed by atoms with E-state index in [9.17, 15) is 19.0 Å². The van der Waals surface area contributed by atoms with Crippen molar-refractivity contribution in [2.45, 2.75) is 206 Å². The van der Waals surface area contributed by atoms with E-state index < -0.39 is 26.5 Å². The summed E-state index contributed by atoms with van der Waals surface area (Å²) in [6.45, 7) is 4.35. The number of likely N-dealkylation sites (N-methyl/N-ethyl adjacent to an activating group) is 1. The lowest BCUT2D eigenvalue weighted by atomic mass is 10.0. The van der Waals surface area contributed by atoms with Crippen molar-refractivity contribution in [1.29, 1.82) is 0 Å². The van der Waals surface area contributed by atoms with Gasteiger partial charge < -0.3 is 18.9 Å². The lowest BCUT2D eigenvalue weighted by molar-refractivity contribution is -0.870. The molecular weight excluding hydrogens is 713 g/mol. The average Bonchev–Trinajstić information content (AvgIpc) is 3.13. The summed E-state index contributed by atoms with van der Waals surface area (Å²) in [6, 6.07) is 0. The molecule has 0 heterocycles. The lowest BCUT2D eigenvalue weighted by Gasteiger charge is -2.24. The van der Waals surface area contributed by atoms with Crippen molar-refractivity contribution in [3.63, 3.8) is 0 Å². The van der Waals surface area contributed by atoms with Gasteiger partial charge in [-0.1, -0.05) is 167 Å². The number of carbonyl (C=O) groups excluding carboxylic acids is 2. The molecule has 10 heteroatoms. The maximum absolute atomic E-state index is 12.6. The number of hydrogen-bond donors (Lipinski definition) is 1. The summed E-state index contributed by atoms with van der Waals surface area (Å²) in [6.07, 6.45) is 41.2. The summed E-state index contributed by atoms with van der Waals surface area (Å²) in [5.74, 6) is -0.804. The fourth-order valence-electron chi connectivity index (χ4n) is 6.16. The summed E-state index contributed by atoms with van der Waals surface area (Å²) in [5.41, 5.74) is 0. The van der Waals surface area contributed by atoms with Gasteiger partial charge in [-0.2, -0.15) is 0 Å². The van der Waals surface area contributed by atoms with Crippen molar-refractivity contribution in [2.24, 2.45) is 0 Å². The molecule has 324 valence electrons. The van der Waals surface area contributed by atoms with Gasteiger partial charge in [0.05, 0.1) is 27.7 Å². The van der Waals surface area contributed by atoms with Crippen molar-refractivity contribution >= 4 is 19.8 Å². The van der Waals surface area contributed by atoms with Gasteiger partial charge in [0.15, 0.2) is 6.10 Å². The number of rotatable bonds is 41. The van der Waals surface area contributed by atoms with E-state index in [0.29, 0.717) is 17.4 Å². The van der Waals surface area contributed by atoms with Crippen LogP contribution in [0.4, 0.5) is 0 Å². The molecule has 1 N–H and O–H groups in total. The van der Waals surface area contributed by atoms with Crippen molar-refractivity contribution in [1.82, 2.24) is 0 Å². The molecule has 0 aliphatic carbocycles. The van der Waals surface area contributed by atoms with Crippen LogP contribution in [0.15, 0.2) is 24.3 Å². The quantitative estimate of drug-likeness (QED) is 0.0214. The van der Waals surface area contributed by atoms with Gasteiger partial charge in [-0.3, -0.25) is 18.6 Å².